The second-order valence-corrected chi connectivity index (χ2v) is 7.30. The monoisotopic (exact) mass is 368 g/mol. The molecule has 3 aromatic rings. The predicted octanol–water partition coefficient (Wildman–Crippen LogP) is 5.10. The molecule has 0 atom stereocenters. The molecular weight excluding hydrogens is 348 g/mol. The van der Waals surface area contributed by atoms with E-state index >= 15 is 0 Å². The highest BCUT2D eigenvalue weighted by molar-refractivity contribution is 6.31. The van der Waals surface area contributed by atoms with Crippen molar-refractivity contribution in [3.05, 3.63) is 74.5 Å². The van der Waals surface area contributed by atoms with Crippen LogP contribution in [0.25, 0.3) is 10.9 Å². The topological polar surface area (TPSA) is 51.1 Å². The normalized spacial score (nSPS) is 11.2. The van der Waals surface area contributed by atoms with E-state index < -0.39 is 5.91 Å². The zero-order valence-corrected chi connectivity index (χ0v) is 16.0. The van der Waals surface area contributed by atoms with Gasteiger partial charge in [-0.3, -0.25) is 9.59 Å². The molecular formula is C21H21ClN2O2. The number of nitrogens with one attached hydrogen (secondary N) is 1. The maximum atomic E-state index is 12.9. The molecule has 0 saturated carbocycles. The van der Waals surface area contributed by atoms with Crippen LogP contribution in [0.5, 0.6) is 0 Å². The molecule has 1 aromatic heterocycles. The molecule has 1 N–H and O–H groups in total. The largest absolute Gasteiger partial charge is 0.344 e. The Morgan fingerprint density at radius 3 is 2.35 bits per heavy atom. The van der Waals surface area contributed by atoms with E-state index in [2.05, 4.69) is 5.32 Å². The fourth-order valence-corrected chi connectivity index (χ4v) is 3.33. The number of nitrogens with zero attached hydrogens (tertiary/aromatic N) is 1. The summed E-state index contributed by atoms with van der Waals surface area (Å²) in [4.78, 5) is 25.7. The maximum absolute atomic E-state index is 12.9. The zero-order chi connectivity index (χ0) is 19.0. The van der Waals surface area contributed by atoms with E-state index in [0.29, 0.717) is 16.1 Å². The van der Waals surface area contributed by atoms with Gasteiger partial charge in [-0.05, 0) is 69.2 Å². The maximum Gasteiger partial charge on any atom is 0.261 e. The highest BCUT2D eigenvalue weighted by Crippen LogP contribution is 2.21. The van der Waals surface area contributed by atoms with Crippen LogP contribution < -0.4 is 10.7 Å². The Kier molecular flexibility index (Phi) is 4.88. The molecule has 0 aliphatic rings. The quantitative estimate of drug-likeness (QED) is 0.698. The number of anilines is 1. The van der Waals surface area contributed by atoms with E-state index in [-0.39, 0.29) is 17.0 Å². The number of aromatic nitrogens is 1. The number of benzene rings is 2. The van der Waals surface area contributed by atoms with Gasteiger partial charge in [0, 0.05) is 28.3 Å². The first kappa shape index (κ1) is 18.2. The molecule has 134 valence electrons. The Labute approximate surface area is 157 Å². The van der Waals surface area contributed by atoms with Crippen LogP contribution in [0.2, 0.25) is 5.02 Å². The van der Waals surface area contributed by atoms with Crippen molar-refractivity contribution in [1.82, 2.24) is 4.57 Å². The number of carbonyl (C=O) groups is 1. The van der Waals surface area contributed by atoms with Gasteiger partial charge in [-0.15, -0.1) is 0 Å². The number of carbonyl (C=O) groups excluding carboxylic acids is 1. The molecule has 3 rings (SSSR count). The fourth-order valence-electron chi connectivity index (χ4n) is 3.16. The Hall–Kier alpha value is -2.59. The van der Waals surface area contributed by atoms with Gasteiger partial charge in [-0.2, -0.15) is 0 Å². The molecule has 0 aliphatic heterocycles. The first-order valence-electron chi connectivity index (χ1n) is 8.50. The van der Waals surface area contributed by atoms with Crippen LogP contribution in [0, 0.1) is 13.8 Å². The van der Waals surface area contributed by atoms with Crippen molar-refractivity contribution >= 4 is 34.1 Å². The third-order valence-corrected chi connectivity index (χ3v) is 4.51. The van der Waals surface area contributed by atoms with Gasteiger partial charge in [-0.1, -0.05) is 17.7 Å². The molecule has 0 aliphatic carbocycles. The summed E-state index contributed by atoms with van der Waals surface area (Å²) in [7, 11) is 0. The lowest BCUT2D eigenvalue weighted by atomic mass is 10.1. The summed E-state index contributed by atoms with van der Waals surface area (Å²) in [6, 6.07) is 11.0. The lowest BCUT2D eigenvalue weighted by Crippen LogP contribution is -2.24. The molecule has 0 spiro atoms. The SMILES string of the molecule is Cc1cc(C)cc(NC(=O)c2cn(C(C)C)c3ccc(Cl)cc3c2=O)c1. The molecule has 5 heteroatoms. The molecule has 26 heavy (non-hydrogen) atoms. The predicted molar refractivity (Wildman–Crippen MR) is 107 cm³/mol. The first-order valence-corrected chi connectivity index (χ1v) is 8.88. The second-order valence-electron chi connectivity index (χ2n) is 6.86. The minimum absolute atomic E-state index is 0.0899. The van der Waals surface area contributed by atoms with Crippen LogP contribution in [0.15, 0.2) is 47.4 Å². The van der Waals surface area contributed by atoms with Crippen LogP contribution in [0.4, 0.5) is 5.69 Å². The number of hydrogen-bond donors (Lipinski definition) is 1. The van der Waals surface area contributed by atoms with Gasteiger partial charge in [0.05, 0.1) is 5.52 Å². The summed E-state index contributed by atoms with van der Waals surface area (Å²) in [5.74, 6) is -0.420. The summed E-state index contributed by atoms with van der Waals surface area (Å²) in [6.45, 7) is 7.94. The Balaban J connectivity index is 2.13. The number of aryl methyl sites for hydroxylation is 2. The average Bonchev–Trinajstić information content (AvgIpc) is 2.54. The number of fused-ring (bicyclic) bond motifs is 1. The second kappa shape index (κ2) is 6.96. The molecule has 0 radical (unpaired) electrons. The zero-order valence-electron chi connectivity index (χ0n) is 15.3. The molecule has 4 nitrogen and oxygen atoms in total. The van der Waals surface area contributed by atoms with Crippen molar-refractivity contribution in [3.8, 4) is 0 Å². The molecule has 0 fully saturated rings. The lowest BCUT2D eigenvalue weighted by Gasteiger charge is -2.17. The van der Waals surface area contributed by atoms with E-state index in [9.17, 15) is 9.59 Å². The Morgan fingerprint density at radius 2 is 1.73 bits per heavy atom. The number of halogens is 1. The minimum Gasteiger partial charge on any atom is -0.344 e. The highest BCUT2D eigenvalue weighted by atomic mass is 35.5. The third-order valence-electron chi connectivity index (χ3n) is 4.27. The van der Waals surface area contributed by atoms with E-state index in [0.717, 1.165) is 16.6 Å². The van der Waals surface area contributed by atoms with Crippen molar-refractivity contribution in [2.24, 2.45) is 0 Å². The number of rotatable bonds is 3. The fraction of sp³-hybridized carbons (Fsp3) is 0.238. The number of hydrogen-bond acceptors (Lipinski definition) is 2. The lowest BCUT2D eigenvalue weighted by molar-refractivity contribution is 0.102. The van der Waals surface area contributed by atoms with Gasteiger partial charge in [-0.25, -0.2) is 0 Å². The van der Waals surface area contributed by atoms with Gasteiger partial charge in [0.2, 0.25) is 5.43 Å². The summed E-state index contributed by atoms with van der Waals surface area (Å²) >= 11 is 6.07. The van der Waals surface area contributed by atoms with Crippen molar-refractivity contribution in [2.75, 3.05) is 5.32 Å². The minimum atomic E-state index is -0.420. The number of amides is 1. The summed E-state index contributed by atoms with van der Waals surface area (Å²) in [5, 5.41) is 3.75. The van der Waals surface area contributed by atoms with Gasteiger partial charge >= 0.3 is 0 Å². The van der Waals surface area contributed by atoms with Crippen molar-refractivity contribution < 1.29 is 4.79 Å². The molecule has 2 aromatic carbocycles. The third kappa shape index (κ3) is 3.51. The van der Waals surface area contributed by atoms with Crippen LogP contribution >= 0.6 is 11.6 Å². The van der Waals surface area contributed by atoms with Crippen LogP contribution in [0.3, 0.4) is 0 Å². The first-order chi connectivity index (χ1) is 12.3. The van der Waals surface area contributed by atoms with Crippen molar-refractivity contribution in [3.63, 3.8) is 0 Å². The van der Waals surface area contributed by atoms with E-state index in [1.807, 2.05) is 56.5 Å². The molecule has 1 heterocycles. The Morgan fingerprint density at radius 1 is 1.08 bits per heavy atom. The number of pyridine rings is 1. The van der Waals surface area contributed by atoms with Crippen molar-refractivity contribution in [1.29, 1.82) is 0 Å². The average molecular weight is 369 g/mol. The van der Waals surface area contributed by atoms with Gasteiger partial charge in [0.1, 0.15) is 5.56 Å². The molecule has 0 saturated heterocycles. The van der Waals surface area contributed by atoms with Gasteiger partial charge < -0.3 is 9.88 Å². The van der Waals surface area contributed by atoms with Crippen molar-refractivity contribution in [2.45, 2.75) is 33.7 Å². The smallest absolute Gasteiger partial charge is 0.261 e. The van der Waals surface area contributed by atoms with Crippen LogP contribution in [0.1, 0.15) is 41.4 Å². The molecule has 0 bridgehead atoms. The molecule has 0 unspecified atom stereocenters. The van der Waals surface area contributed by atoms with E-state index in [1.165, 1.54) is 0 Å². The van der Waals surface area contributed by atoms with E-state index in [4.69, 9.17) is 11.6 Å². The van der Waals surface area contributed by atoms with Gasteiger partial charge in [0.15, 0.2) is 0 Å². The highest BCUT2D eigenvalue weighted by Gasteiger charge is 2.17. The van der Waals surface area contributed by atoms with Crippen LogP contribution in [-0.2, 0) is 0 Å². The summed E-state index contributed by atoms with van der Waals surface area (Å²) in [6.07, 6.45) is 1.63. The molecule has 1 amide bonds. The van der Waals surface area contributed by atoms with Gasteiger partial charge in [0.25, 0.3) is 5.91 Å². The van der Waals surface area contributed by atoms with E-state index in [1.54, 1.807) is 18.3 Å². The van der Waals surface area contributed by atoms with Crippen LogP contribution in [-0.4, -0.2) is 10.5 Å². The summed E-state index contributed by atoms with van der Waals surface area (Å²) < 4.78 is 1.92. The standard InChI is InChI=1S/C21H21ClN2O2/c1-12(2)24-11-18(20(25)17-10-15(22)5-6-19(17)24)21(26)23-16-8-13(3)7-14(4)9-16/h5-12H,1-4H3,(H,23,26). The Bertz CT molecular complexity index is 1050. The summed E-state index contributed by atoms with van der Waals surface area (Å²) in [5.41, 5.74) is 3.32.